The maximum Gasteiger partial charge on any atom is 0.241 e. The molecule has 0 spiro atoms. The van der Waals surface area contributed by atoms with Crippen molar-refractivity contribution < 1.29 is 8.42 Å². The standard InChI is InChI=1S/C14H20N2O2S2/c1-10-6-8-11(9-7-10)16-20(17,18)13-5-3-2-4-12(13)14(15)19/h2-5,10-11,16H,6-9H2,1H3,(H2,15,19). The van der Waals surface area contributed by atoms with Crippen LogP contribution in [0.5, 0.6) is 0 Å². The lowest BCUT2D eigenvalue weighted by Gasteiger charge is -2.27. The van der Waals surface area contributed by atoms with Crippen molar-refractivity contribution in [1.82, 2.24) is 4.72 Å². The number of rotatable bonds is 4. The number of nitrogens with two attached hydrogens (primary N) is 1. The van der Waals surface area contributed by atoms with Crippen molar-refractivity contribution in [2.75, 3.05) is 0 Å². The van der Waals surface area contributed by atoms with Gasteiger partial charge in [0.2, 0.25) is 10.0 Å². The molecule has 1 aromatic carbocycles. The van der Waals surface area contributed by atoms with Gasteiger partial charge in [-0.25, -0.2) is 13.1 Å². The number of nitrogens with one attached hydrogen (secondary N) is 1. The lowest BCUT2D eigenvalue weighted by atomic mass is 9.88. The fourth-order valence-corrected chi connectivity index (χ4v) is 4.33. The van der Waals surface area contributed by atoms with Crippen LogP contribution < -0.4 is 10.5 Å². The molecule has 0 radical (unpaired) electrons. The van der Waals surface area contributed by atoms with Gasteiger partial charge in [0.25, 0.3) is 0 Å². The van der Waals surface area contributed by atoms with E-state index in [1.807, 2.05) is 0 Å². The Labute approximate surface area is 125 Å². The summed E-state index contributed by atoms with van der Waals surface area (Å²) < 4.78 is 27.7. The number of sulfonamides is 1. The van der Waals surface area contributed by atoms with Crippen LogP contribution in [0.1, 0.15) is 38.2 Å². The van der Waals surface area contributed by atoms with Crippen LogP contribution in [0.2, 0.25) is 0 Å². The smallest absolute Gasteiger partial charge is 0.241 e. The molecular formula is C14H20N2O2S2. The van der Waals surface area contributed by atoms with Crippen molar-refractivity contribution in [2.24, 2.45) is 11.7 Å². The molecule has 0 saturated heterocycles. The molecule has 20 heavy (non-hydrogen) atoms. The first kappa shape index (κ1) is 15.4. The Kier molecular flexibility index (Phi) is 4.78. The third-order valence-electron chi connectivity index (χ3n) is 3.78. The summed E-state index contributed by atoms with van der Waals surface area (Å²) in [6, 6.07) is 6.60. The fraction of sp³-hybridized carbons (Fsp3) is 0.500. The monoisotopic (exact) mass is 312 g/mol. The van der Waals surface area contributed by atoms with Gasteiger partial charge in [-0.1, -0.05) is 37.3 Å². The van der Waals surface area contributed by atoms with Crippen LogP contribution >= 0.6 is 12.2 Å². The number of hydrogen-bond donors (Lipinski definition) is 2. The Bertz CT molecular complexity index is 591. The third kappa shape index (κ3) is 3.56. The molecule has 1 aromatic rings. The van der Waals surface area contributed by atoms with Gasteiger partial charge in [0.1, 0.15) is 4.99 Å². The van der Waals surface area contributed by atoms with Gasteiger partial charge in [-0.05, 0) is 37.7 Å². The third-order valence-corrected chi connectivity index (χ3v) is 5.58. The van der Waals surface area contributed by atoms with E-state index in [0.717, 1.165) is 25.7 Å². The summed E-state index contributed by atoms with van der Waals surface area (Å²) in [5.41, 5.74) is 6.00. The van der Waals surface area contributed by atoms with Gasteiger partial charge in [0, 0.05) is 11.6 Å². The first-order valence-electron chi connectivity index (χ1n) is 6.81. The largest absolute Gasteiger partial charge is 0.389 e. The highest BCUT2D eigenvalue weighted by atomic mass is 32.2. The average Bonchev–Trinajstić information content (AvgIpc) is 2.41. The molecule has 1 aliphatic carbocycles. The van der Waals surface area contributed by atoms with Crippen molar-refractivity contribution in [3.8, 4) is 0 Å². The summed E-state index contributed by atoms with van der Waals surface area (Å²) in [5, 5.41) is 0. The highest BCUT2D eigenvalue weighted by Gasteiger charge is 2.26. The molecule has 1 aliphatic rings. The molecule has 6 heteroatoms. The van der Waals surface area contributed by atoms with E-state index < -0.39 is 10.0 Å². The van der Waals surface area contributed by atoms with Gasteiger partial charge in [-0.3, -0.25) is 0 Å². The second-order valence-electron chi connectivity index (χ2n) is 5.44. The summed E-state index contributed by atoms with van der Waals surface area (Å²) in [6.07, 6.45) is 3.89. The second-order valence-corrected chi connectivity index (χ2v) is 7.56. The van der Waals surface area contributed by atoms with E-state index in [4.69, 9.17) is 18.0 Å². The molecule has 0 amide bonds. The minimum atomic E-state index is -3.57. The molecule has 0 unspecified atom stereocenters. The first-order chi connectivity index (χ1) is 9.40. The molecule has 110 valence electrons. The van der Waals surface area contributed by atoms with Gasteiger partial charge in [0.15, 0.2) is 0 Å². The molecule has 0 heterocycles. The van der Waals surface area contributed by atoms with E-state index in [0.29, 0.717) is 11.5 Å². The summed E-state index contributed by atoms with van der Waals surface area (Å²) in [6.45, 7) is 2.20. The molecule has 0 aliphatic heterocycles. The molecule has 0 atom stereocenters. The molecule has 0 bridgehead atoms. The van der Waals surface area contributed by atoms with Crippen LogP contribution in [-0.2, 0) is 10.0 Å². The molecule has 3 N–H and O–H groups in total. The van der Waals surface area contributed by atoms with Crippen molar-refractivity contribution >= 4 is 27.2 Å². The number of hydrogen-bond acceptors (Lipinski definition) is 3. The van der Waals surface area contributed by atoms with Crippen LogP contribution in [0.15, 0.2) is 29.2 Å². The van der Waals surface area contributed by atoms with E-state index in [-0.39, 0.29) is 15.9 Å². The Morgan fingerprint density at radius 3 is 2.45 bits per heavy atom. The Hall–Kier alpha value is -0.980. The van der Waals surface area contributed by atoms with E-state index >= 15 is 0 Å². The summed E-state index contributed by atoms with van der Waals surface area (Å²) in [7, 11) is -3.57. The topological polar surface area (TPSA) is 72.2 Å². The van der Waals surface area contributed by atoms with Gasteiger partial charge in [-0.15, -0.1) is 0 Å². The van der Waals surface area contributed by atoms with Crippen molar-refractivity contribution in [1.29, 1.82) is 0 Å². The van der Waals surface area contributed by atoms with E-state index in [2.05, 4.69) is 11.6 Å². The molecule has 0 aromatic heterocycles. The average molecular weight is 312 g/mol. The van der Waals surface area contributed by atoms with Gasteiger partial charge >= 0.3 is 0 Å². The zero-order valence-electron chi connectivity index (χ0n) is 11.5. The Morgan fingerprint density at radius 2 is 1.85 bits per heavy atom. The summed E-state index contributed by atoms with van der Waals surface area (Å²) >= 11 is 4.92. The summed E-state index contributed by atoms with van der Waals surface area (Å²) in [4.78, 5) is 0.273. The minimum Gasteiger partial charge on any atom is -0.389 e. The second kappa shape index (κ2) is 6.20. The predicted octanol–water partition coefficient (Wildman–Crippen LogP) is 2.18. The maximum absolute atomic E-state index is 12.5. The molecule has 1 fully saturated rings. The van der Waals surface area contributed by atoms with E-state index in [1.165, 1.54) is 0 Å². The van der Waals surface area contributed by atoms with Gasteiger partial charge < -0.3 is 5.73 Å². The molecule has 2 rings (SSSR count). The number of benzene rings is 1. The van der Waals surface area contributed by atoms with Crippen LogP contribution in [0, 0.1) is 5.92 Å². The molecule has 4 nitrogen and oxygen atoms in total. The highest BCUT2D eigenvalue weighted by molar-refractivity contribution is 7.89. The summed E-state index contributed by atoms with van der Waals surface area (Å²) in [5.74, 6) is 0.680. The highest BCUT2D eigenvalue weighted by Crippen LogP contribution is 2.25. The van der Waals surface area contributed by atoms with Crippen LogP contribution in [0.3, 0.4) is 0 Å². The van der Waals surface area contributed by atoms with E-state index in [1.54, 1.807) is 24.3 Å². The van der Waals surface area contributed by atoms with Gasteiger partial charge in [-0.2, -0.15) is 0 Å². The van der Waals surface area contributed by atoms with Crippen LogP contribution in [0.25, 0.3) is 0 Å². The van der Waals surface area contributed by atoms with E-state index in [9.17, 15) is 8.42 Å². The van der Waals surface area contributed by atoms with Crippen molar-refractivity contribution in [2.45, 2.75) is 43.5 Å². The fourth-order valence-electron chi connectivity index (χ4n) is 2.57. The molecular weight excluding hydrogens is 292 g/mol. The van der Waals surface area contributed by atoms with Crippen molar-refractivity contribution in [3.63, 3.8) is 0 Å². The molecule has 1 saturated carbocycles. The van der Waals surface area contributed by atoms with Crippen LogP contribution in [0.4, 0.5) is 0 Å². The zero-order valence-corrected chi connectivity index (χ0v) is 13.1. The first-order valence-corrected chi connectivity index (χ1v) is 8.70. The predicted molar refractivity (Wildman–Crippen MR) is 84.1 cm³/mol. The number of thiocarbonyl (C=S) groups is 1. The Morgan fingerprint density at radius 1 is 1.25 bits per heavy atom. The van der Waals surface area contributed by atoms with Crippen molar-refractivity contribution in [3.05, 3.63) is 29.8 Å². The van der Waals surface area contributed by atoms with Gasteiger partial charge in [0.05, 0.1) is 4.90 Å². The maximum atomic E-state index is 12.5. The SMILES string of the molecule is CC1CCC(NS(=O)(=O)c2ccccc2C(N)=S)CC1. The lowest BCUT2D eigenvalue weighted by molar-refractivity contribution is 0.332. The normalized spacial score (nSPS) is 23.4. The quantitative estimate of drug-likeness (QED) is 0.836. The lowest BCUT2D eigenvalue weighted by Crippen LogP contribution is -2.38. The van der Waals surface area contributed by atoms with Crippen LogP contribution in [-0.4, -0.2) is 19.4 Å². The minimum absolute atomic E-state index is 0.00982. The zero-order chi connectivity index (χ0) is 14.8. The Balaban J connectivity index is 2.21.